The number of hydrogen-bond acceptors (Lipinski definition) is 4. The fourth-order valence-corrected chi connectivity index (χ4v) is 1.73. The molecule has 1 heterocycles. The Morgan fingerprint density at radius 2 is 2.07 bits per heavy atom. The molecule has 0 N–H and O–H groups in total. The third kappa shape index (κ3) is 2.21. The first-order valence-corrected chi connectivity index (χ1v) is 5.62. The van der Waals surface area contributed by atoms with E-state index in [0.29, 0.717) is 16.4 Å². The van der Waals surface area contributed by atoms with Gasteiger partial charge in [-0.15, -0.1) is 10.2 Å². The minimum absolute atomic E-state index is 0.350. The number of methoxy groups -OCH3 is 1. The van der Waals surface area contributed by atoms with Crippen LogP contribution in [0, 0.1) is 0 Å². The van der Waals surface area contributed by atoms with Gasteiger partial charge in [0.2, 0.25) is 0 Å². The van der Waals surface area contributed by atoms with Crippen molar-refractivity contribution in [3.05, 3.63) is 27.5 Å². The van der Waals surface area contributed by atoms with Crippen molar-refractivity contribution in [2.75, 3.05) is 7.11 Å². The van der Waals surface area contributed by atoms with Crippen molar-refractivity contribution in [3.8, 4) is 17.2 Å². The van der Waals surface area contributed by atoms with E-state index in [1.165, 1.54) is 0 Å². The molecule has 0 aliphatic heterocycles. The van der Waals surface area contributed by atoms with Crippen LogP contribution in [0.25, 0.3) is 11.5 Å². The summed E-state index contributed by atoms with van der Waals surface area (Å²) in [4.78, 5) is 0.350. The molecule has 0 radical (unpaired) electrons. The van der Waals surface area contributed by atoms with Gasteiger partial charge >= 0.3 is 0 Å². The quantitative estimate of drug-likeness (QED) is 0.846. The largest absolute Gasteiger partial charge is 0.496 e. The van der Waals surface area contributed by atoms with Crippen LogP contribution in [0.5, 0.6) is 5.75 Å². The molecule has 0 atom stereocenters. The fourth-order valence-electron chi connectivity index (χ4n) is 1.16. The van der Waals surface area contributed by atoms with Crippen LogP contribution in [0.2, 0.25) is 0 Å². The highest BCUT2D eigenvalue weighted by atomic mass is 79.9. The minimum Gasteiger partial charge on any atom is -0.496 e. The lowest BCUT2D eigenvalue weighted by molar-refractivity contribution is 0.413. The Kier molecular flexibility index (Phi) is 3.06. The molecule has 2 rings (SSSR count). The van der Waals surface area contributed by atoms with Gasteiger partial charge in [0.05, 0.1) is 12.7 Å². The van der Waals surface area contributed by atoms with E-state index in [1.807, 2.05) is 18.2 Å². The van der Waals surface area contributed by atoms with Crippen molar-refractivity contribution in [3.63, 3.8) is 0 Å². The lowest BCUT2D eigenvalue weighted by Gasteiger charge is -2.04. The maximum atomic E-state index is 5.25. The second kappa shape index (κ2) is 4.32. The molecule has 78 valence electrons. The highest BCUT2D eigenvalue weighted by Gasteiger charge is 2.12. The van der Waals surface area contributed by atoms with Crippen LogP contribution in [0.4, 0.5) is 0 Å². The lowest BCUT2D eigenvalue weighted by atomic mass is 10.2. The molecule has 1 aromatic carbocycles. The van der Waals surface area contributed by atoms with Gasteiger partial charge in [0, 0.05) is 20.4 Å². The number of benzene rings is 1. The molecule has 0 amide bonds. The number of rotatable bonds is 2. The Bertz CT molecular complexity index is 485. The smallest absolute Gasteiger partial charge is 0.285 e. The molecule has 15 heavy (non-hydrogen) atoms. The topological polar surface area (TPSA) is 48.2 Å². The Morgan fingerprint density at radius 1 is 1.27 bits per heavy atom. The standard InChI is InChI=1S/C9H6Br2N2O2/c1-14-7-4-5(10)2-3-6(7)8-12-13-9(11)15-8/h2-4H,1H3. The third-order valence-corrected chi connectivity index (χ3v) is 2.61. The normalized spacial score (nSPS) is 10.3. The SMILES string of the molecule is COc1cc(Br)ccc1-c1nnc(Br)o1. The summed E-state index contributed by atoms with van der Waals surface area (Å²) in [6.45, 7) is 0. The van der Waals surface area contributed by atoms with Gasteiger partial charge in [-0.3, -0.25) is 0 Å². The van der Waals surface area contributed by atoms with Crippen LogP contribution in [0.15, 0.2) is 31.9 Å². The summed E-state index contributed by atoms with van der Waals surface area (Å²) in [7, 11) is 1.59. The molecular weight excluding hydrogens is 328 g/mol. The molecule has 1 aromatic heterocycles. The zero-order valence-electron chi connectivity index (χ0n) is 7.70. The van der Waals surface area contributed by atoms with Crippen LogP contribution >= 0.6 is 31.9 Å². The van der Waals surface area contributed by atoms with Crippen LogP contribution in [0.3, 0.4) is 0 Å². The zero-order chi connectivity index (χ0) is 10.8. The highest BCUT2D eigenvalue weighted by molar-refractivity contribution is 9.10. The van der Waals surface area contributed by atoms with Gasteiger partial charge in [-0.1, -0.05) is 15.9 Å². The van der Waals surface area contributed by atoms with Gasteiger partial charge < -0.3 is 9.15 Å². The van der Waals surface area contributed by atoms with Gasteiger partial charge in [0.1, 0.15) is 5.75 Å². The lowest BCUT2D eigenvalue weighted by Crippen LogP contribution is -1.88. The zero-order valence-corrected chi connectivity index (χ0v) is 10.9. The molecule has 2 aromatic rings. The van der Waals surface area contributed by atoms with Crippen molar-refractivity contribution in [2.24, 2.45) is 0 Å². The summed E-state index contributed by atoms with van der Waals surface area (Å²) in [5, 5.41) is 7.59. The molecule has 0 saturated carbocycles. The number of aromatic nitrogens is 2. The maximum Gasteiger partial charge on any atom is 0.285 e. The third-order valence-electron chi connectivity index (χ3n) is 1.79. The predicted octanol–water partition coefficient (Wildman–Crippen LogP) is 3.27. The molecule has 6 heteroatoms. The van der Waals surface area contributed by atoms with E-state index in [4.69, 9.17) is 9.15 Å². The van der Waals surface area contributed by atoms with Crippen molar-refractivity contribution < 1.29 is 9.15 Å². The summed E-state index contributed by atoms with van der Waals surface area (Å²) >= 11 is 6.46. The summed E-state index contributed by atoms with van der Waals surface area (Å²) in [5.41, 5.74) is 0.763. The van der Waals surface area contributed by atoms with E-state index < -0.39 is 0 Å². The molecule has 0 unspecified atom stereocenters. The molecular formula is C9H6Br2N2O2. The molecule has 0 bridgehead atoms. The molecule has 0 saturated heterocycles. The van der Waals surface area contributed by atoms with Gasteiger partial charge in [0.15, 0.2) is 0 Å². The summed E-state index contributed by atoms with van der Waals surface area (Å²) in [5.74, 6) is 1.10. The van der Waals surface area contributed by atoms with Gasteiger partial charge in [-0.2, -0.15) is 0 Å². The van der Waals surface area contributed by atoms with E-state index in [1.54, 1.807) is 7.11 Å². The van der Waals surface area contributed by atoms with Crippen molar-refractivity contribution in [1.29, 1.82) is 0 Å². The fraction of sp³-hybridized carbons (Fsp3) is 0.111. The van der Waals surface area contributed by atoms with Gasteiger partial charge in [0.25, 0.3) is 10.7 Å². The van der Waals surface area contributed by atoms with E-state index >= 15 is 0 Å². The van der Waals surface area contributed by atoms with Crippen LogP contribution in [-0.4, -0.2) is 17.3 Å². The maximum absolute atomic E-state index is 5.25. The minimum atomic E-state index is 0.350. The molecule has 4 nitrogen and oxygen atoms in total. The average Bonchev–Trinajstić information content (AvgIpc) is 2.64. The molecule has 0 fully saturated rings. The van der Waals surface area contributed by atoms with Crippen molar-refractivity contribution in [2.45, 2.75) is 0 Å². The Hall–Kier alpha value is -0.880. The van der Waals surface area contributed by atoms with Gasteiger partial charge in [-0.25, -0.2) is 0 Å². The van der Waals surface area contributed by atoms with Crippen LogP contribution in [-0.2, 0) is 0 Å². The van der Waals surface area contributed by atoms with Crippen LogP contribution < -0.4 is 4.74 Å². The van der Waals surface area contributed by atoms with E-state index in [-0.39, 0.29) is 0 Å². The number of hydrogen-bond donors (Lipinski definition) is 0. The first kappa shape index (κ1) is 10.6. The second-order valence-corrected chi connectivity index (χ2v) is 4.30. The Morgan fingerprint density at radius 3 is 2.67 bits per heavy atom. The van der Waals surface area contributed by atoms with E-state index in [0.717, 1.165) is 10.0 Å². The van der Waals surface area contributed by atoms with Crippen molar-refractivity contribution >= 4 is 31.9 Å². The number of ether oxygens (including phenoxy) is 1. The summed E-state index contributed by atoms with van der Waals surface area (Å²) in [6, 6.07) is 5.58. The molecule has 0 spiro atoms. The number of halogens is 2. The molecule has 0 aliphatic carbocycles. The first-order valence-electron chi connectivity index (χ1n) is 4.03. The first-order chi connectivity index (χ1) is 7.20. The highest BCUT2D eigenvalue weighted by Crippen LogP contribution is 2.32. The Balaban J connectivity index is 2.52. The van der Waals surface area contributed by atoms with Crippen molar-refractivity contribution in [1.82, 2.24) is 10.2 Å². The number of nitrogens with zero attached hydrogens (tertiary/aromatic N) is 2. The summed E-state index contributed by atoms with van der Waals surface area (Å²) in [6.07, 6.45) is 0. The second-order valence-electron chi connectivity index (χ2n) is 2.70. The van der Waals surface area contributed by atoms with Crippen LogP contribution in [0.1, 0.15) is 0 Å². The summed E-state index contributed by atoms with van der Waals surface area (Å²) < 4.78 is 11.4. The predicted molar refractivity (Wildman–Crippen MR) is 61.7 cm³/mol. The average molecular weight is 334 g/mol. The van der Waals surface area contributed by atoms with E-state index in [2.05, 4.69) is 42.1 Å². The monoisotopic (exact) mass is 332 g/mol. The molecule has 0 aliphatic rings. The van der Waals surface area contributed by atoms with Gasteiger partial charge in [-0.05, 0) is 18.2 Å². The Labute approximate surface area is 103 Å². The van der Waals surface area contributed by atoms with E-state index in [9.17, 15) is 0 Å².